The van der Waals surface area contributed by atoms with Crippen LogP contribution in [0.3, 0.4) is 0 Å². The van der Waals surface area contributed by atoms with Crippen LogP contribution in [0, 0.1) is 5.92 Å². The molecular weight excluding hydrogens is 308 g/mol. The fourth-order valence-corrected chi connectivity index (χ4v) is 4.12. The van der Waals surface area contributed by atoms with Crippen LogP contribution in [-0.4, -0.2) is 30.6 Å². The molecule has 4 heteroatoms. The smallest absolute Gasteiger partial charge is 0.0328 e. The van der Waals surface area contributed by atoms with Crippen molar-refractivity contribution in [2.24, 2.45) is 5.92 Å². The van der Waals surface area contributed by atoms with Gasteiger partial charge in [0.15, 0.2) is 0 Å². The van der Waals surface area contributed by atoms with Crippen molar-refractivity contribution < 1.29 is 0 Å². The summed E-state index contributed by atoms with van der Waals surface area (Å²) in [5.41, 5.74) is 0. The molecular formula is C14H21BrN2S. The third-order valence-corrected chi connectivity index (χ3v) is 5.66. The van der Waals surface area contributed by atoms with E-state index >= 15 is 0 Å². The van der Waals surface area contributed by atoms with Crippen LogP contribution in [0.25, 0.3) is 0 Å². The second kappa shape index (κ2) is 6.04. The molecule has 1 saturated carbocycles. The molecule has 100 valence electrons. The lowest BCUT2D eigenvalue weighted by atomic mass is 9.97. The second-order valence-electron chi connectivity index (χ2n) is 5.63. The maximum Gasteiger partial charge on any atom is 0.0328 e. The lowest BCUT2D eigenvalue weighted by molar-refractivity contribution is 0.176. The molecule has 0 unspecified atom stereocenters. The molecule has 3 rings (SSSR count). The first kappa shape index (κ1) is 13.1. The van der Waals surface area contributed by atoms with Gasteiger partial charge in [-0.05, 0) is 73.2 Å². The van der Waals surface area contributed by atoms with Crippen molar-refractivity contribution in [2.45, 2.75) is 38.3 Å². The van der Waals surface area contributed by atoms with Gasteiger partial charge in [0, 0.05) is 27.3 Å². The zero-order valence-corrected chi connectivity index (χ0v) is 13.1. The Balaban J connectivity index is 1.39. The van der Waals surface area contributed by atoms with Gasteiger partial charge in [-0.2, -0.15) is 0 Å². The normalized spacial score (nSPS) is 22.5. The Kier molecular flexibility index (Phi) is 4.39. The van der Waals surface area contributed by atoms with Crippen molar-refractivity contribution in [3.63, 3.8) is 0 Å². The van der Waals surface area contributed by atoms with Gasteiger partial charge in [0.05, 0.1) is 0 Å². The fourth-order valence-electron chi connectivity index (χ4n) is 2.63. The monoisotopic (exact) mass is 328 g/mol. The molecule has 1 N–H and O–H groups in total. The van der Waals surface area contributed by atoms with Gasteiger partial charge in [-0.25, -0.2) is 0 Å². The molecule has 0 aromatic carbocycles. The number of halogens is 1. The zero-order chi connectivity index (χ0) is 12.4. The summed E-state index contributed by atoms with van der Waals surface area (Å²) in [6, 6.07) is 3.12. The van der Waals surface area contributed by atoms with Gasteiger partial charge in [0.1, 0.15) is 0 Å². The van der Waals surface area contributed by atoms with Gasteiger partial charge in [-0.15, -0.1) is 11.3 Å². The average Bonchev–Trinajstić information content (AvgIpc) is 3.12. The first-order valence-electron chi connectivity index (χ1n) is 6.98. The Bertz CT molecular complexity index is 381. The molecule has 0 amide bonds. The van der Waals surface area contributed by atoms with E-state index in [-0.39, 0.29) is 0 Å². The molecule has 2 nitrogen and oxygen atoms in total. The molecule has 1 aliphatic carbocycles. The molecule has 2 fully saturated rings. The molecule has 1 aromatic heterocycles. The Morgan fingerprint density at radius 1 is 1.28 bits per heavy atom. The first-order chi connectivity index (χ1) is 8.79. The standard InChI is InChI=1S/C14H21BrN2S/c15-12-7-14(18-10-12)9-17-5-3-11(4-6-17)8-16-13-1-2-13/h7,10-11,13,16H,1-6,8-9H2. The highest BCUT2D eigenvalue weighted by Gasteiger charge is 2.24. The largest absolute Gasteiger partial charge is 0.314 e. The van der Waals surface area contributed by atoms with E-state index in [1.54, 1.807) is 0 Å². The minimum atomic E-state index is 0.867. The van der Waals surface area contributed by atoms with Crippen molar-refractivity contribution in [3.05, 3.63) is 20.8 Å². The van der Waals surface area contributed by atoms with E-state index in [0.717, 1.165) is 18.5 Å². The molecule has 2 aliphatic rings. The van der Waals surface area contributed by atoms with Crippen molar-refractivity contribution in [2.75, 3.05) is 19.6 Å². The van der Waals surface area contributed by atoms with E-state index in [0.29, 0.717) is 0 Å². The van der Waals surface area contributed by atoms with E-state index in [1.165, 1.54) is 54.7 Å². The molecule has 0 spiro atoms. The first-order valence-corrected chi connectivity index (χ1v) is 8.65. The number of hydrogen-bond donors (Lipinski definition) is 1. The quantitative estimate of drug-likeness (QED) is 0.890. The second-order valence-corrected chi connectivity index (χ2v) is 7.54. The summed E-state index contributed by atoms with van der Waals surface area (Å²) in [6.07, 6.45) is 5.55. The summed E-state index contributed by atoms with van der Waals surface area (Å²) in [7, 11) is 0. The van der Waals surface area contributed by atoms with Crippen LogP contribution >= 0.6 is 27.3 Å². The minimum absolute atomic E-state index is 0.867. The molecule has 1 aromatic rings. The van der Waals surface area contributed by atoms with Crippen LogP contribution in [-0.2, 0) is 6.54 Å². The lowest BCUT2D eigenvalue weighted by Gasteiger charge is -2.31. The van der Waals surface area contributed by atoms with Gasteiger partial charge in [-0.1, -0.05) is 0 Å². The third kappa shape index (κ3) is 3.80. The topological polar surface area (TPSA) is 15.3 Å². The Morgan fingerprint density at radius 3 is 2.67 bits per heavy atom. The van der Waals surface area contributed by atoms with E-state index in [2.05, 4.69) is 37.6 Å². The minimum Gasteiger partial charge on any atom is -0.314 e. The molecule has 0 bridgehead atoms. The molecule has 0 atom stereocenters. The van der Waals surface area contributed by atoms with Gasteiger partial charge in [0.25, 0.3) is 0 Å². The highest BCUT2D eigenvalue weighted by molar-refractivity contribution is 9.10. The summed E-state index contributed by atoms with van der Waals surface area (Å²) in [6.45, 7) is 4.93. The summed E-state index contributed by atoms with van der Waals surface area (Å²) in [5.74, 6) is 0.914. The van der Waals surface area contributed by atoms with Gasteiger partial charge in [0.2, 0.25) is 0 Å². The van der Waals surface area contributed by atoms with Crippen molar-refractivity contribution in [1.82, 2.24) is 10.2 Å². The van der Waals surface area contributed by atoms with E-state index in [4.69, 9.17) is 0 Å². The van der Waals surface area contributed by atoms with Crippen LogP contribution < -0.4 is 5.32 Å². The predicted octanol–water partition coefficient (Wildman–Crippen LogP) is 3.47. The maximum atomic E-state index is 3.67. The Labute approximate surface area is 122 Å². The number of nitrogens with zero attached hydrogens (tertiary/aromatic N) is 1. The molecule has 18 heavy (non-hydrogen) atoms. The summed E-state index contributed by atoms with van der Waals surface area (Å²) in [4.78, 5) is 4.09. The van der Waals surface area contributed by atoms with Crippen molar-refractivity contribution in [1.29, 1.82) is 0 Å². The summed E-state index contributed by atoms with van der Waals surface area (Å²) in [5, 5.41) is 5.85. The van der Waals surface area contributed by atoms with Crippen LogP contribution in [0.4, 0.5) is 0 Å². The zero-order valence-electron chi connectivity index (χ0n) is 10.7. The van der Waals surface area contributed by atoms with Gasteiger partial charge in [-0.3, -0.25) is 4.90 Å². The van der Waals surface area contributed by atoms with E-state index in [1.807, 2.05) is 11.3 Å². The van der Waals surface area contributed by atoms with Crippen LogP contribution in [0.1, 0.15) is 30.6 Å². The number of nitrogens with one attached hydrogen (secondary N) is 1. The number of hydrogen-bond acceptors (Lipinski definition) is 3. The highest BCUT2D eigenvalue weighted by atomic mass is 79.9. The maximum absolute atomic E-state index is 3.67. The SMILES string of the molecule is Brc1csc(CN2CCC(CNC3CC3)CC2)c1. The van der Waals surface area contributed by atoms with Crippen molar-refractivity contribution >= 4 is 27.3 Å². The number of likely N-dealkylation sites (tertiary alicyclic amines) is 1. The highest BCUT2D eigenvalue weighted by Crippen LogP contribution is 2.25. The van der Waals surface area contributed by atoms with Crippen LogP contribution in [0.2, 0.25) is 0 Å². The van der Waals surface area contributed by atoms with E-state index in [9.17, 15) is 0 Å². The Hall–Kier alpha value is 0.1000. The van der Waals surface area contributed by atoms with Gasteiger partial charge >= 0.3 is 0 Å². The van der Waals surface area contributed by atoms with Crippen LogP contribution in [0.5, 0.6) is 0 Å². The van der Waals surface area contributed by atoms with Crippen molar-refractivity contribution in [3.8, 4) is 0 Å². The number of thiophene rings is 1. The predicted molar refractivity (Wildman–Crippen MR) is 81.0 cm³/mol. The number of piperidine rings is 1. The molecule has 0 radical (unpaired) electrons. The molecule has 1 saturated heterocycles. The van der Waals surface area contributed by atoms with Gasteiger partial charge < -0.3 is 5.32 Å². The van der Waals surface area contributed by atoms with Crippen LogP contribution in [0.15, 0.2) is 15.9 Å². The van der Waals surface area contributed by atoms with E-state index < -0.39 is 0 Å². The summed E-state index contributed by atoms with van der Waals surface area (Å²) < 4.78 is 1.23. The lowest BCUT2D eigenvalue weighted by Crippen LogP contribution is -2.37. The number of rotatable bonds is 5. The average molecular weight is 329 g/mol. The Morgan fingerprint density at radius 2 is 2.06 bits per heavy atom. The fraction of sp³-hybridized carbons (Fsp3) is 0.714. The third-order valence-electron chi connectivity index (χ3n) is 3.98. The molecule has 2 heterocycles. The molecule has 1 aliphatic heterocycles. The summed E-state index contributed by atoms with van der Waals surface area (Å²) >= 11 is 5.40.